The summed E-state index contributed by atoms with van der Waals surface area (Å²) in [6.07, 6.45) is 4.48. The van der Waals surface area contributed by atoms with Gasteiger partial charge >= 0.3 is 5.97 Å². The molecule has 2 unspecified atom stereocenters. The van der Waals surface area contributed by atoms with Gasteiger partial charge in [0, 0.05) is 25.7 Å². The van der Waals surface area contributed by atoms with Gasteiger partial charge < -0.3 is 9.47 Å². The molecule has 24 heavy (non-hydrogen) atoms. The lowest BCUT2D eigenvalue weighted by molar-refractivity contribution is -0.369. The van der Waals surface area contributed by atoms with Gasteiger partial charge in [-0.2, -0.15) is 4.89 Å². The van der Waals surface area contributed by atoms with E-state index < -0.39 is 11.2 Å². The zero-order chi connectivity index (χ0) is 18.8. The van der Waals surface area contributed by atoms with Gasteiger partial charge in [-0.25, -0.2) is 0 Å². The van der Waals surface area contributed by atoms with E-state index in [1.807, 2.05) is 34.0 Å². The summed E-state index contributed by atoms with van der Waals surface area (Å²) in [4.78, 5) is 26.1. The monoisotopic (exact) mass is 344 g/mol. The predicted molar refractivity (Wildman–Crippen MR) is 89.4 cm³/mol. The fourth-order valence-electron chi connectivity index (χ4n) is 2.78. The Balaban J connectivity index is 4.23. The SMILES string of the molecule is CC(CC(C)(C)O[O])OC(C)CC(C)(C)OC(=O)CCCC[C]=O. The third-order valence-electron chi connectivity index (χ3n) is 3.55. The highest BCUT2D eigenvalue weighted by Gasteiger charge is 2.28. The summed E-state index contributed by atoms with van der Waals surface area (Å²) < 4.78 is 11.4. The van der Waals surface area contributed by atoms with E-state index in [4.69, 9.17) is 9.47 Å². The minimum absolute atomic E-state index is 0.130. The van der Waals surface area contributed by atoms with Crippen LogP contribution < -0.4 is 0 Å². The Morgan fingerprint density at radius 1 is 1.00 bits per heavy atom. The van der Waals surface area contributed by atoms with Crippen LogP contribution in [0.25, 0.3) is 0 Å². The zero-order valence-electron chi connectivity index (χ0n) is 15.8. The average molecular weight is 344 g/mol. The van der Waals surface area contributed by atoms with Crippen molar-refractivity contribution in [3.63, 3.8) is 0 Å². The molecule has 6 heteroatoms. The van der Waals surface area contributed by atoms with Crippen molar-refractivity contribution in [1.82, 2.24) is 0 Å². The lowest BCUT2D eigenvalue weighted by atomic mass is 9.99. The first-order valence-corrected chi connectivity index (χ1v) is 8.54. The fraction of sp³-hybridized carbons (Fsp3) is 0.889. The van der Waals surface area contributed by atoms with Crippen LogP contribution in [0.2, 0.25) is 0 Å². The highest BCUT2D eigenvalue weighted by Crippen LogP contribution is 2.23. The minimum Gasteiger partial charge on any atom is -0.460 e. The summed E-state index contributed by atoms with van der Waals surface area (Å²) in [5, 5.41) is 10.6. The average Bonchev–Trinajstić information content (AvgIpc) is 2.41. The largest absolute Gasteiger partial charge is 0.460 e. The number of carbonyl (C=O) groups is 1. The van der Waals surface area contributed by atoms with Crippen LogP contribution in [0.4, 0.5) is 0 Å². The molecule has 0 aliphatic carbocycles. The maximum atomic E-state index is 11.8. The third kappa shape index (κ3) is 11.5. The Hall–Kier alpha value is -0.980. The van der Waals surface area contributed by atoms with Gasteiger partial charge in [0.2, 0.25) is 0 Å². The van der Waals surface area contributed by atoms with Crippen molar-refractivity contribution in [2.45, 2.75) is 103 Å². The van der Waals surface area contributed by atoms with Crippen molar-refractivity contribution in [3.8, 4) is 0 Å². The zero-order valence-corrected chi connectivity index (χ0v) is 15.8. The molecule has 0 rings (SSSR count). The van der Waals surface area contributed by atoms with Crippen LogP contribution >= 0.6 is 0 Å². The second kappa shape index (κ2) is 10.8. The standard InChI is InChI=1S/C18H32O6/c1-14(22-15(2)13-18(5,6)24-21)12-17(3,4)23-16(20)10-8-7-9-11-19/h14-15H,7-10,12-13H2,1-6H3. The second-order valence-corrected chi connectivity index (χ2v) is 7.59. The van der Waals surface area contributed by atoms with E-state index in [0.29, 0.717) is 38.5 Å². The Labute approximate surface area is 145 Å². The molecule has 0 aliphatic rings. The molecule has 0 spiro atoms. The second-order valence-electron chi connectivity index (χ2n) is 7.59. The van der Waals surface area contributed by atoms with E-state index >= 15 is 0 Å². The molecule has 0 N–H and O–H groups in total. The quantitative estimate of drug-likeness (QED) is 0.220. The van der Waals surface area contributed by atoms with Crippen molar-refractivity contribution in [3.05, 3.63) is 0 Å². The molecule has 2 atom stereocenters. The Kier molecular flexibility index (Phi) is 10.4. The van der Waals surface area contributed by atoms with Gasteiger partial charge in [-0.15, -0.1) is 0 Å². The van der Waals surface area contributed by atoms with E-state index in [1.54, 1.807) is 13.8 Å². The first-order chi connectivity index (χ1) is 11.0. The maximum absolute atomic E-state index is 11.8. The summed E-state index contributed by atoms with van der Waals surface area (Å²) in [5.41, 5.74) is -1.42. The number of carbonyl (C=O) groups excluding carboxylic acids is 2. The topological polar surface area (TPSA) is 81.7 Å². The molecule has 0 aromatic heterocycles. The number of rotatable bonds is 13. The number of hydrogen-bond acceptors (Lipinski definition) is 5. The van der Waals surface area contributed by atoms with Gasteiger partial charge in [-0.3, -0.25) is 9.59 Å². The highest BCUT2D eigenvalue weighted by atomic mass is 17.1. The van der Waals surface area contributed by atoms with Gasteiger partial charge in [0.25, 0.3) is 0 Å². The van der Waals surface area contributed by atoms with Crippen LogP contribution in [0, 0.1) is 0 Å². The van der Waals surface area contributed by atoms with Crippen molar-refractivity contribution in [2.24, 2.45) is 0 Å². The summed E-state index contributed by atoms with van der Waals surface area (Å²) in [5.74, 6) is -0.271. The highest BCUT2D eigenvalue weighted by molar-refractivity contribution is 5.69. The lowest BCUT2D eigenvalue weighted by Gasteiger charge is -2.31. The van der Waals surface area contributed by atoms with Crippen LogP contribution in [0.3, 0.4) is 0 Å². The molecule has 0 aromatic carbocycles. The van der Waals surface area contributed by atoms with Gasteiger partial charge in [0.15, 0.2) is 6.29 Å². The van der Waals surface area contributed by atoms with Crippen LogP contribution in [0.5, 0.6) is 0 Å². The molecule has 0 saturated carbocycles. The van der Waals surface area contributed by atoms with Crippen molar-refractivity contribution in [2.75, 3.05) is 0 Å². The van der Waals surface area contributed by atoms with Crippen molar-refractivity contribution < 1.29 is 29.2 Å². The molecule has 6 nitrogen and oxygen atoms in total. The van der Waals surface area contributed by atoms with Gasteiger partial charge in [-0.05, 0) is 59.6 Å². The van der Waals surface area contributed by atoms with E-state index in [0.717, 1.165) is 0 Å². The molecule has 0 saturated heterocycles. The normalized spacial score (nSPS) is 15.0. The Morgan fingerprint density at radius 3 is 2.04 bits per heavy atom. The molecule has 140 valence electrons. The van der Waals surface area contributed by atoms with Gasteiger partial charge in [0.1, 0.15) is 11.2 Å². The number of hydrogen-bond donors (Lipinski definition) is 0. The molecule has 0 amide bonds. The molecule has 0 aliphatic heterocycles. The third-order valence-corrected chi connectivity index (χ3v) is 3.55. The first kappa shape index (κ1) is 23.0. The molecule has 0 aromatic rings. The molecule has 2 radical (unpaired) electrons. The molecular formula is C18H32O6. The van der Waals surface area contributed by atoms with Crippen LogP contribution in [-0.2, 0) is 29.2 Å². The lowest BCUT2D eigenvalue weighted by Crippen LogP contribution is -2.35. The summed E-state index contributed by atoms with van der Waals surface area (Å²) >= 11 is 0. The molecule has 0 bridgehead atoms. The summed E-state index contributed by atoms with van der Waals surface area (Å²) in [6.45, 7) is 10.9. The minimum atomic E-state index is -0.778. The Bertz CT molecular complexity index is 378. The fourth-order valence-corrected chi connectivity index (χ4v) is 2.78. The summed E-state index contributed by atoms with van der Waals surface area (Å²) in [7, 11) is 0. The van der Waals surface area contributed by atoms with Gasteiger partial charge in [0.05, 0.1) is 12.2 Å². The number of unbranched alkanes of at least 4 members (excludes halogenated alkanes) is 2. The van der Waals surface area contributed by atoms with E-state index in [-0.39, 0.29) is 18.2 Å². The van der Waals surface area contributed by atoms with Crippen molar-refractivity contribution in [1.29, 1.82) is 0 Å². The van der Waals surface area contributed by atoms with Crippen LogP contribution in [0.15, 0.2) is 0 Å². The smallest absolute Gasteiger partial charge is 0.306 e. The van der Waals surface area contributed by atoms with E-state index in [1.165, 1.54) is 0 Å². The van der Waals surface area contributed by atoms with Gasteiger partial charge in [-0.1, -0.05) is 0 Å². The number of esters is 1. The van der Waals surface area contributed by atoms with Crippen molar-refractivity contribution >= 4 is 12.3 Å². The Morgan fingerprint density at radius 2 is 1.54 bits per heavy atom. The van der Waals surface area contributed by atoms with E-state index in [9.17, 15) is 14.8 Å². The predicted octanol–water partition coefficient (Wildman–Crippen LogP) is 3.69. The molecular weight excluding hydrogens is 312 g/mol. The van der Waals surface area contributed by atoms with E-state index in [2.05, 4.69) is 4.89 Å². The van der Waals surface area contributed by atoms with Crippen LogP contribution in [0.1, 0.15) is 80.1 Å². The molecule has 0 heterocycles. The first-order valence-electron chi connectivity index (χ1n) is 8.54. The van der Waals surface area contributed by atoms with Crippen LogP contribution in [-0.4, -0.2) is 35.7 Å². The molecule has 0 fully saturated rings. The number of ether oxygens (including phenoxy) is 2. The summed E-state index contributed by atoms with van der Waals surface area (Å²) in [6, 6.07) is 0. The maximum Gasteiger partial charge on any atom is 0.306 e.